The number of nitrogens with one attached hydrogen (secondary N) is 1. The van der Waals surface area contributed by atoms with Crippen molar-refractivity contribution in [2.24, 2.45) is 5.92 Å². The Morgan fingerprint density at radius 3 is 2.91 bits per heavy atom. The molecule has 0 aliphatic heterocycles. The van der Waals surface area contributed by atoms with E-state index in [-0.39, 0.29) is 17.6 Å². The van der Waals surface area contributed by atoms with Gasteiger partial charge in [0.2, 0.25) is 5.91 Å². The van der Waals surface area contributed by atoms with E-state index in [0.717, 1.165) is 28.1 Å². The summed E-state index contributed by atoms with van der Waals surface area (Å²) in [5, 5.41) is 14.1. The minimum Gasteiger partial charge on any atom is -0.337 e. The number of nitriles is 1. The molecule has 23 heavy (non-hydrogen) atoms. The number of fused-ring (bicyclic) bond motifs is 1. The molecule has 1 saturated carbocycles. The molecular weight excluding hydrogens is 328 g/mol. The lowest BCUT2D eigenvalue weighted by Gasteiger charge is -2.22. The van der Waals surface area contributed by atoms with Gasteiger partial charge in [0.15, 0.2) is 0 Å². The molecule has 2 heterocycles. The van der Waals surface area contributed by atoms with Crippen molar-refractivity contribution in [3.05, 3.63) is 16.8 Å². The number of hydrogen-bond acceptors (Lipinski definition) is 6. The topological polar surface area (TPSA) is 78.7 Å². The van der Waals surface area contributed by atoms with E-state index < -0.39 is 5.54 Å². The van der Waals surface area contributed by atoms with Crippen molar-refractivity contribution in [1.82, 2.24) is 15.3 Å². The number of amides is 1. The predicted octanol–water partition coefficient (Wildman–Crippen LogP) is 3.21. The van der Waals surface area contributed by atoms with Crippen LogP contribution in [0.5, 0.6) is 0 Å². The van der Waals surface area contributed by atoms with Crippen molar-refractivity contribution < 1.29 is 4.79 Å². The average Bonchev–Trinajstić information content (AvgIpc) is 3.33. The highest BCUT2D eigenvalue weighted by Gasteiger charge is 2.42. The molecule has 2 aromatic heterocycles. The lowest BCUT2D eigenvalue weighted by Crippen LogP contribution is -2.47. The summed E-state index contributed by atoms with van der Waals surface area (Å²) in [6.45, 7) is 5.93. The lowest BCUT2D eigenvalue weighted by molar-refractivity contribution is -0.119. The van der Waals surface area contributed by atoms with Gasteiger partial charge in [-0.25, -0.2) is 9.97 Å². The molecule has 1 fully saturated rings. The smallest absolute Gasteiger partial charge is 0.231 e. The van der Waals surface area contributed by atoms with Crippen LogP contribution in [0.25, 0.3) is 10.2 Å². The van der Waals surface area contributed by atoms with Gasteiger partial charge in [0.05, 0.1) is 11.8 Å². The molecule has 1 aliphatic carbocycles. The molecule has 0 spiro atoms. The van der Waals surface area contributed by atoms with Crippen LogP contribution < -0.4 is 5.32 Å². The Morgan fingerprint density at radius 1 is 1.52 bits per heavy atom. The van der Waals surface area contributed by atoms with Gasteiger partial charge in [0.25, 0.3) is 0 Å². The van der Waals surface area contributed by atoms with Crippen LogP contribution in [0, 0.1) is 31.1 Å². The molecule has 1 atom stereocenters. The lowest BCUT2D eigenvalue weighted by atomic mass is 9.98. The zero-order valence-electron chi connectivity index (χ0n) is 13.3. The Balaban J connectivity index is 1.71. The Bertz CT molecular complexity index is 806. The van der Waals surface area contributed by atoms with Crippen molar-refractivity contribution in [1.29, 1.82) is 5.26 Å². The SMILES string of the molecule is Cc1sc2ncnc(SCC(=O)NC(C)(C#N)C3CC3)c2c1C. The van der Waals surface area contributed by atoms with E-state index >= 15 is 0 Å². The van der Waals surface area contributed by atoms with Gasteiger partial charge in [-0.15, -0.1) is 11.3 Å². The molecule has 2 aromatic rings. The van der Waals surface area contributed by atoms with Gasteiger partial charge >= 0.3 is 0 Å². The number of hydrogen-bond donors (Lipinski definition) is 1. The normalized spacial score (nSPS) is 16.8. The summed E-state index contributed by atoms with van der Waals surface area (Å²) in [6.07, 6.45) is 3.57. The summed E-state index contributed by atoms with van der Waals surface area (Å²) in [4.78, 5) is 23.0. The largest absolute Gasteiger partial charge is 0.337 e. The van der Waals surface area contributed by atoms with Crippen molar-refractivity contribution in [2.45, 2.75) is 44.2 Å². The number of thiophene rings is 1. The number of carbonyl (C=O) groups is 1. The minimum atomic E-state index is -0.743. The van der Waals surface area contributed by atoms with E-state index in [1.165, 1.54) is 22.2 Å². The molecule has 0 bridgehead atoms. The first-order chi connectivity index (χ1) is 10.9. The summed E-state index contributed by atoms with van der Waals surface area (Å²) in [6, 6.07) is 2.25. The predicted molar refractivity (Wildman–Crippen MR) is 92.5 cm³/mol. The van der Waals surface area contributed by atoms with Crippen molar-refractivity contribution >= 4 is 39.2 Å². The fourth-order valence-electron chi connectivity index (χ4n) is 2.60. The van der Waals surface area contributed by atoms with Crippen molar-refractivity contribution in [3.63, 3.8) is 0 Å². The van der Waals surface area contributed by atoms with Crippen LogP contribution in [0.3, 0.4) is 0 Å². The van der Waals surface area contributed by atoms with Crippen LogP contribution in [0.1, 0.15) is 30.2 Å². The first-order valence-corrected chi connectivity index (χ1v) is 9.30. The second-order valence-corrected chi connectivity index (χ2v) is 8.23. The fourth-order valence-corrected chi connectivity index (χ4v) is 4.52. The van der Waals surface area contributed by atoms with Crippen LogP contribution in [-0.4, -0.2) is 27.2 Å². The minimum absolute atomic E-state index is 0.123. The number of nitrogens with zero attached hydrogens (tertiary/aromatic N) is 3. The highest BCUT2D eigenvalue weighted by Crippen LogP contribution is 2.39. The van der Waals surface area contributed by atoms with Crippen LogP contribution in [-0.2, 0) is 4.79 Å². The summed E-state index contributed by atoms with van der Waals surface area (Å²) < 4.78 is 0. The van der Waals surface area contributed by atoms with Crippen molar-refractivity contribution in [3.8, 4) is 6.07 Å². The highest BCUT2D eigenvalue weighted by atomic mass is 32.2. The Labute approximate surface area is 143 Å². The molecule has 1 N–H and O–H groups in total. The number of aryl methyl sites for hydroxylation is 2. The number of aromatic nitrogens is 2. The summed E-state index contributed by atoms with van der Waals surface area (Å²) >= 11 is 3.05. The van der Waals surface area contributed by atoms with Gasteiger partial charge in [-0.3, -0.25) is 4.79 Å². The zero-order valence-corrected chi connectivity index (χ0v) is 15.0. The van der Waals surface area contributed by atoms with E-state index in [9.17, 15) is 10.1 Å². The molecule has 0 radical (unpaired) electrons. The molecule has 1 aliphatic rings. The molecule has 0 saturated heterocycles. The molecule has 0 aromatic carbocycles. The van der Waals surface area contributed by atoms with Gasteiger partial charge in [-0.2, -0.15) is 5.26 Å². The molecule has 7 heteroatoms. The first kappa shape index (κ1) is 16.2. The van der Waals surface area contributed by atoms with Crippen LogP contribution in [0.4, 0.5) is 0 Å². The van der Waals surface area contributed by atoms with Gasteiger partial charge < -0.3 is 5.32 Å². The first-order valence-electron chi connectivity index (χ1n) is 7.50. The second-order valence-electron chi connectivity index (χ2n) is 6.07. The third-order valence-corrected chi connectivity index (χ3v) is 6.40. The summed E-state index contributed by atoms with van der Waals surface area (Å²) in [5.41, 5.74) is 0.432. The van der Waals surface area contributed by atoms with Gasteiger partial charge in [0.1, 0.15) is 21.7 Å². The van der Waals surface area contributed by atoms with E-state index in [4.69, 9.17) is 0 Å². The second kappa shape index (κ2) is 6.10. The van der Waals surface area contributed by atoms with Crippen molar-refractivity contribution in [2.75, 3.05) is 5.75 Å². The van der Waals surface area contributed by atoms with E-state index in [1.807, 2.05) is 6.92 Å². The quantitative estimate of drug-likeness (QED) is 0.664. The number of carbonyl (C=O) groups excluding carboxylic acids is 1. The highest BCUT2D eigenvalue weighted by molar-refractivity contribution is 8.00. The van der Waals surface area contributed by atoms with Gasteiger partial charge in [-0.1, -0.05) is 11.8 Å². The Kier molecular flexibility index (Phi) is 4.30. The number of thioether (sulfide) groups is 1. The standard InChI is InChI=1S/C16H18N4OS2/c1-9-10(2)23-15-13(9)14(18-8-19-15)22-6-12(21)20-16(3,7-17)11-4-5-11/h8,11H,4-6H2,1-3H3,(H,20,21). The fraction of sp³-hybridized carbons (Fsp3) is 0.500. The monoisotopic (exact) mass is 346 g/mol. The molecule has 3 rings (SSSR count). The van der Waals surface area contributed by atoms with Crippen LogP contribution in [0.15, 0.2) is 11.4 Å². The van der Waals surface area contributed by atoms with E-state index in [0.29, 0.717) is 0 Å². The maximum absolute atomic E-state index is 12.2. The van der Waals surface area contributed by atoms with E-state index in [1.54, 1.807) is 17.7 Å². The Hall–Kier alpha value is -1.65. The summed E-state index contributed by atoms with van der Waals surface area (Å²) in [7, 11) is 0. The zero-order chi connectivity index (χ0) is 16.6. The molecule has 120 valence electrons. The average molecular weight is 346 g/mol. The van der Waals surface area contributed by atoms with Gasteiger partial charge in [-0.05, 0) is 45.1 Å². The maximum atomic E-state index is 12.2. The molecule has 5 nitrogen and oxygen atoms in total. The third-order valence-electron chi connectivity index (χ3n) is 4.30. The summed E-state index contributed by atoms with van der Waals surface area (Å²) in [5.74, 6) is 0.418. The van der Waals surface area contributed by atoms with E-state index in [2.05, 4.69) is 35.2 Å². The molecule has 1 unspecified atom stereocenters. The van der Waals surface area contributed by atoms with Gasteiger partial charge in [0, 0.05) is 10.3 Å². The molecular formula is C16H18N4OS2. The Morgan fingerprint density at radius 2 is 2.26 bits per heavy atom. The third kappa shape index (κ3) is 3.19. The van der Waals surface area contributed by atoms with Crippen LogP contribution >= 0.6 is 23.1 Å². The van der Waals surface area contributed by atoms with Crippen LogP contribution in [0.2, 0.25) is 0 Å². The molecule has 1 amide bonds. The maximum Gasteiger partial charge on any atom is 0.231 e. The number of rotatable bonds is 5.